The highest BCUT2D eigenvalue weighted by molar-refractivity contribution is 6.04. The van der Waals surface area contributed by atoms with Gasteiger partial charge in [-0.25, -0.2) is 0 Å². The van der Waals surface area contributed by atoms with Crippen LogP contribution in [-0.4, -0.2) is 5.91 Å². The Bertz CT molecular complexity index is 437. The number of anilines is 1. The molecule has 0 aliphatic rings. The van der Waals surface area contributed by atoms with E-state index >= 15 is 0 Å². The Morgan fingerprint density at radius 3 is 2.33 bits per heavy atom. The molecular formula is C13H10NO. The summed E-state index contributed by atoms with van der Waals surface area (Å²) in [6.45, 7) is 0. The molecule has 0 atom stereocenters. The SMILES string of the molecule is O=C(Nc1cc[c]cc1)c1ccccc1. The van der Waals surface area contributed by atoms with Crippen LogP contribution in [0.2, 0.25) is 0 Å². The topological polar surface area (TPSA) is 29.1 Å². The van der Waals surface area contributed by atoms with Crippen LogP contribution in [0.3, 0.4) is 0 Å². The van der Waals surface area contributed by atoms with E-state index in [1.165, 1.54) is 0 Å². The molecule has 1 N–H and O–H groups in total. The molecule has 2 aromatic carbocycles. The van der Waals surface area contributed by atoms with Crippen molar-refractivity contribution >= 4 is 11.6 Å². The van der Waals surface area contributed by atoms with E-state index in [9.17, 15) is 4.79 Å². The second kappa shape index (κ2) is 4.42. The van der Waals surface area contributed by atoms with Crippen LogP contribution in [-0.2, 0) is 0 Å². The smallest absolute Gasteiger partial charge is 0.255 e. The van der Waals surface area contributed by atoms with E-state index in [4.69, 9.17) is 0 Å². The highest BCUT2D eigenvalue weighted by Gasteiger charge is 2.03. The second-order valence-electron chi connectivity index (χ2n) is 3.11. The number of hydrogen-bond donors (Lipinski definition) is 1. The number of nitrogens with one attached hydrogen (secondary N) is 1. The molecule has 0 unspecified atom stereocenters. The van der Waals surface area contributed by atoms with Crippen LogP contribution in [0.25, 0.3) is 0 Å². The lowest BCUT2D eigenvalue weighted by Gasteiger charge is -2.03. The normalized spacial score (nSPS) is 9.60. The maximum Gasteiger partial charge on any atom is 0.255 e. The molecule has 0 aliphatic carbocycles. The summed E-state index contributed by atoms with van der Waals surface area (Å²) in [7, 11) is 0. The van der Waals surface area contributed by atoms with Gasteiger partial charge in [0.2, 0.25) is 0 Å². The summed E-state index contributed by atoms with van der Waals surface area (Å²) < 4.78 is 0. The predicted octanol–water partition coefficient (Wildman–Crippen LogP) is 2.74. The van der Waals surface area contributed by atoms with E-state index in [1.54, 1.807) is 36.4 Å². The third-order valence-corrected chi connectivity index (χ3v) is 2.01. The van der Waals surface area contributed by atoms with E-state index in [2.05, 4.69) is 11.4 Å². The average molecular weight is 196 g/mol. The Balaban J connectivity index is 2.12. The van der Waals surface area contributed by atoms with Gasteiger partial charge in [-0.3, -0.25) is 4.79 Å². The first-order valence-corrected chi connectivity index (χ1v) is 4.69. The van der Waals surface area contributed by atoms with Gasteiger partial charge in [0.15, 0.2) is 0 Å². The molecule has 0 heterocycles. The maximum atomic E-state index is 11.7. The molecule has 2 nitrogen and oxygen atoms in total. The minimum atomic E-state index is -0.0956. The van der Waals surface area contributed by atoms with Crippen molar-refractivity contribution in [2.24, 2.45) is 0 Å². The van der Waals surface area contributed by atoms with E-state index in [0.29, 0.717) is 5.56 Å². The molecule has 15 heavy (non-hydrogen) atoms. The molecule has 0 saturated carbocycles. The molecular weight excluding hydrogens is 186 g/mol. The van der Waals surface area contributed by atoms with Gasteiger partial charge in [0.1, 0.15) is 0 Å². The molecule has 0 aromatic heterocycles. The largest absolute Gasteiger partial charge is 0.322 e. The quantitative estimate of drug-likeness (QED) is 0.786. The highest BCUT2D eigenvalue weighted by atomic mass is 16.1. The number of carbonyl (C=O) groups excluding carboxylic acids is 1. The van der Waals surface area contributed by atoms with Crippen molar-refractivity contribution in [3.63, 3.8) is 0 Å². The second-order valence-corrected chi connectivity index (χ2v) is 3.11. The van der Waals surface area contributed by atoms with E-state index in [-0.39, 0.29) is 5.91 Å². The van der Waals surface area contributed by atoms with E-state index < -0.39 is 0 Å². The first kappa shape index (κ1) is 9.46. The molecule has 73 valence electrons. The molecule has 1 radical (unpaired) electrons. The van der Waals surface area contributed by atoms with Crippen LogP contribution < -0.4 is 5.32 Å². The summed E-state index contributed by atoms with van der Waals surface area (Å²) in [5.74, 6) is -0.0956. The number of carbonyl (C=O) groups is 1. The van der Waals surface area contributed by atoms with Crippen molar-refractivity contribution in [1.29, 1.82) is 0 Å². The predicted molar refractivity (Wildman–Crippen MR) is 59.7 cm³/mol. The van der Waals surface area contributed by atoms with Gasteiger partial charge in [-0.05, 0) is 30.3 Å². The molecule has 0 saturated heterocycles. The summed E-state index contributed by atoms with van der Waals surface area (Å²) in [5.41, 5.74) is 1.44. The average Bonchev–Trinajstić information content (AvgIpc) is 2.31. The summed E-state index contributed by atoms with van der Waals surface area (Å²) in [6.07, 6.45) is 0. The van der Waals surface area contributed by atoms with Crippen LogP contribution in [0.4, 0.5) is 5.69 Å². The van der Waals surface area contributed by atoms with Gasteiger partial charge in [0.25, 0.3) is 5.91 Å². The van der Waals surface area contributed by atoms with Crippen molar-refractivity contribution in [1.82, 2.24) is 0 Å². The summed E-state index contributed by atoms with van der Waals surface area (Å²) in [5, 5.41) is 2.80. The van der Waals surface area contributed by atoms with Gasteiger partial charge < -0.3 is 5.32 Å². The Morgan fingerprint density at radius 1 is 1.00 bits per heavy atom. The number of benzene rings is 2. The van der Waals surface area contributed by atoms with Crippen molar-refractivity contribution in [3.05, 3.63) is 66.2 Å². The van der Waals surface area contributed by atoms with Crippen molar-refractivity contribution in [3.8, 4) is 0 Å². The first-order valence-electron chi connectivity index (χ1n) is 4.69. The van der Waals surface area contributed by atoms with Gasteiger partial charge in [-0.1, -0.05) is 30.3 Å². The standard InChI is InChI=1S/C13H10NO/c15-13(11-7-3-1-4-8-11)14-12-9-5-2-6-10-12/h1,3-10H,(H,14,15). The van der Waals surface area contributed by atoms with Crippen LogP contribution in [0.5, 0.6) is 0 Å². The van der Waals surface area contributed by atoms with Crippen LogP contribution in [0, 0.1) is 6.07 Å². The maximum absolute atomic E-state index is 11.7. The Kier molecular flexibility index (Phi) is 2.79. The molecule has 0 spiro atoms. The van der Waals surface area contributed by atoms with Crippen LogP contribution in [0.15, 0.2) is 54.6 Å². The molecule has 2 rings (SSSR count). The Hall–Kier alpha value is -2.09. The summed E-state index contributed by atoms with van der Waals surface area (Å²) in [6, 6.07) is 19.2. The summed E-state index contributed by atoms with van der Waals surface area (Å²) in [4.78, 5) is 11.7. The van der Waals surface area contributed by atoms with Gasteiger partial charge in [-0.2, -0.15) is 0 Å². The molecule has 1 amide bonds. The van der Waals surface area contributed by atoms with Gasteiger partial charge in [-0.15, -0.1) is 0 Å². The molecule has 0 bridgehead atoms. The molecule has 2 heteroatoms. The van der Waals surface area contributed by atoms with Crippen molar-refractivity contribution in [2.75, 3.05) is 5.32 Å². The van der Waals surface area contributed by atoms with Gasteiger partial charge >= 0.3 is 0 Å². The van der Waals surface area contributed by atoms with Crippen LogP contribution in [0.1, 0.15) is 10.4 Å². The molecule has 0 aliphatic heterocycles. The fourth-order valence-corrected chi connectivity index (χ4v) is 1.26. The number of rotatable bonds is 2. The number of hydrogen-bond acceptors (Lipinski definition) is 1. The third-order valence-electron chi connectivity index (χ3n) is 2.01. The zero-order chi connectivity index (χ0) is 10.5. The molecule has 0 fully saturated rings. The first-order chi connectivity index (χ1) is 7.36. The van der Waals surface area contributed by atoms with Crippen molar-refractivity contribution in [2.45, 2.75) is 0 Å². The highest BCUT2D eigenvalue weighted by Crippen LogP contribution is 2.07. The fourth-order valence-electron chi connectivity index (χ4n) is 1.26. The Labute approximate surface area is 88.6 Å². The van der Waals surface area contributed by atoms with E-state index in [1.807, 2.05) is 18.2 Å². The minimum absolute atomic E-state index is 0.0956. The van der Waals surface area contributed by atoms with Crippen LogP contribution >= 0.6 is 0 Å². The minimum Gasteiger partial charge on any atom is -0.322 e. The lowest BCUT2D eigenvalue weighted by atomic mass is 10.2. The zero-order valence-corrected chi connectivity index (χ0v) is 8.10. The number of amides is 1. The lowest BCUT2D eigenvalue weighted by molar-refractivity contribution is 0.102. The van der Waals surface area contributed by atoms with Crippen molar-refractivity contribution < 1.29 is 4.79 Å². The lowest BCUT2D eigenvalue weighted by Crippen LogP contribution is -2.11. The zero-order valence-electron chi connectivity index (χ0n) is 8.10. The van der Waals surface area contributed by atoms with Gasteiger partial charge in [0.05, 0.1) is 0 Å². The Morgan fingerprint density at radius 2 is 1.67 bits per heavy atom. The summed E-state index contributed by atoms with van der Waals surface area (Å²) >= 11 is 0. The van der Waals surface area contributed by atoms with Gasteiger partial charge in [0, 0.05) is 11.3 Å². The van der Waals surface area contributed by atoms with E-state index in [0.717, 1.165) is 5.69 Å². The third kappa shape index (κ3) is 2.44. The fraction of sp³-hybridized carbons (Fsp3) is 0. The molecule has 2 aromatic rings. The monoisotopic (exact) mass is 196 g/mol.